The van der Waals surface area contributed by atoms with Crippen LogP contribution in [0.25, 0.3) is 0 Å². The van der Waals surface area contributed by atoms with E-state index in [1.165, 1.54) is 12.1 Å². The van der Waals surface area contributed by atoms with Crippen LogP contribution in [0.15, 0.2) is 71.7 Å². The Morgan fingerprint density at radius 1 is 0.828 bits per heavy atom. The van der Waals surface area contributed by atoms with Crippen LogP contribution in [0.5, 0.6) is 0 Å². The van der Waals surface area contributed by atoms with Gasteiger partial charge in [0.2, 0.25) is 0 Å². The second kappa shape index (κ2) is 6.99. The van der Waals surface area contributed by atoms with E-state index in [-0.39, 0.29) is 5.78 Å². The van der Waals surface area contributed by atoms with Gasteiger partial charge in [0.15, 0.2) is 5.78 Å². The van der Waals surface area contributed by atoms with Gasteiger partial charge in [-0.25, -0.2) is 0 Å². The molecule has 0 aromatic heterocycles. The van der Waals surface area contributed by atoms with E-state index >= 15 is 0 Å². The van der Waals surface area contributed by atoms with Crippen LogP contribution in [-0.2, 0) is 6.18 Å². The summed E-state index contributed by atoms with van der Waals surface area (Å²) in [5.74, 6) is -0.876. The van der Waals surface area contributed by atoms with Gasteiger partial charge in [0.05, 0.1) is 22.9 Å². The SMILES string of the molecule is Cc1ccc(N=C2c3ccccc3C(=O)C2c2ccc(C(F)(F)F)cc2)cc1C. The molecule has 5 heteroatoms. The molecule has 0 radical (unpaired) electrons. The lowest BCUT2D eigenvalue weighted by molar-refractivity contribution is -0.137. The van der Waals surface area contributed by atoms with Crippen LogP contribution in [0.4, 0.5) is 18.9 Å². The van der Waals surface area contributed by atoms with E-state index in [2.05, 4.69) is 0 Å². The molecule has 1 unspecified atom stereocenters. The van der Waals surface area contributed by atoms with Gasteiger partial charge in [-0.1, -0.05) is 42.5 Å². The number of carbonyl (C=O) groups excluding carboxylic acids is 1. The molecule has 146 valence electrons. The van der Waals surface area contributed by atoms with Crippen LogP contribution in [0.2, 0.25) is 0 Å². The third kappa shape index (κ3) is 3.48. The molecule has 0 saturated heterocycles. The summed E-state index contributed by atoms with van der Waals surface area (Å²) in [4.78, 5) is 17.9. The number of benzene rings is 3. The summed E-state index contributed by atoms with van der Waals surface area (Å²) >= 11 is 0. The van der Waals surface area contributed by atoms with E-state index in [1.54, 1.807) is 12.1 Å². The summed E-state index contributed by atoms with van der Waals surface area (Å²) in [6.07, 6.45) is -4.42. The molecule has 0 aliphatic heterocycles. The molecule has 0 saturated carbocycles. The first-order valence-corrected chi connectivity index (χ1v) is 9.22. The first kappa shape index (κ1) is 19.1. The first-order valence-electron chi connectivity index (χ1n) is 9.22. The third-order valence-corrected chi connectivity index (χ3v) is 5.32. The number of hydrogen-bond donors (Lipinski definition) is 0. The Morgan fingerprint density at radius 3 is 2.10 bits per heavy atom. The molecule has 3 aromatic rings. The van der Waals surface area contributed by atoms with Crippen LogP contribution >= 0.6 is 0 Å². The Morgan fingerprint density at radius 2 is 1.48 bits per heavy atom. The fourth-order valence-electron chi connectivity index (χ4n) is 3.59. The van der Waals surface area contributed by atoms with E-state index in [0.29, 0.717) is 22.5 Å². The molecular weight excluding hydrogens is 375 g/mol. The number of alkyl halides is 3. The van der Waals surface area contributed by atoms with E-state index in [1.807, 2.05) is 44.2 Å². The van der Waals surface area contributed by atoms with Crippen molar-refractivity contribution in [1.82, 2.24) is 0 Å². The van der Waals surface area contributed by atoms with Crippen molar-refractivity contribution in [1.29, 1.82) is 0 Å². The fraction of sp³-hybridized carbons (Fsp3) is 0.167. The average Bonchev–Trinajstić information content (AvgIpc) is 2.96. The molecule has 0 amide bonds. The first-order chi connectivity index (χ1) is 13.8. The fourth-order valence-corrected chi connectivity index (χ4v) is 3.59. The number of aliphatic imine (C=N–C) groups is 1. The van der Waals surface area contributed by atoms with Crippen LogP contribution in [0, 0.1) is 13.8 Å². The van der Waals surface area contributed by atoms with E-state index < -0.39 is 17.7 Å². The molecule has 0 heterocycles. The Balaban J connectivity index is 1.84. The van der Waals surface area contributed by atoms with Crippen LogP contribution in [0.3, 0.4) is 0 Å². The second-order valence-corrected chi connectivity index (χ2v) is 7.23. The minimum absolute atomic E-state index is 0.150. The highest BCUT2D eigenvalue weighted by atomic mass is 19.4. The third-order valence-electron chi connectivity index (χ3n) is 5.32. The standard InChI is InChI=1S/C24H18F3NO/c1-14-7-12-18(13-15(14)2)28-22-19-5-3-4-6-20(19)23(29)21(22)16-8-10-17(11-9-16)24(25,26)27/h3-13,21H,1-2H3. The summed E-state index contributed by atoms with van der Waals surface area (Å²) in [5, 5.41) is 0. The lowest BCUT2D eigenvalue weighted by Crippen LogP contribution is -2.14. The number of ketones is 1. The monoisotopic (exact) mass is 393 g/mol. The number of rotatable bonds is 2. The quantitative estimate of drug-likeness (QED) is 0.494. The second-order valence-electron chi connectivity index (χ2n) is 7.23. The van der Waals surface area contributed by atoms with Gasteiger partial charge in [-0.15, -0.1) is 0 Å². The van der Waals surface area contributed by atoms with Crippen molar-refractivity contribution in [2.24, 2.45) is 4.99 Å². The topological polar surface area (TPSA) is 29.4 Å². The maximum absolute atomic E-state index is 13.1. The Labute approximate surface area is 166 Å². The van der Waals surface area contributed by atoms with Gasteiger partial charge in [-0.05, 0) is 54.8 Å². The maximum atomic E-state index is 13.1. The molecule has 2 nitrogen and oxygen atoms in total. The van der Waals surface area contributed by atoms with Crippen molar-refractivity contribution < 1.29 is 18.0 Å². The number of Topliss-reactive ketones (excluding diaryl/α,β-unsaturated/α-hetero) is 1. The Hall–Kier alpha value is -3.21. The Bertz CT molecular complexity index is 1130. The zero-order valence-electron chi connectivity index (χ0n) is 15.9. The van der Waals surface area contributed by atoms with Crippen molar-refractivity contribution in [3.63, 3.8) is 0 Å². The summed E-state index contributed by atoms with van der Waals surface area (Å²) in [5.41, 5.74) is 4.52. The molecule has 29 heavy (non-hydrogen) atoms. The number of nitrogens with zero attached hydrogens (tertiary/aromatic N) is 1. The highest BCUT2D eigenvalue weighted by molar-refractivity contribution is 6.32. The van der Waals surface area contributed by atoms with Crippen molar-refractivity contribution >= 4 is 17.2 Å². The van der Waals surface area contributed by atoms with Gasteiger partial charge >= 0.3 is 6.18 Å². The predicted molar refractivity (Wildman–Crippen MR) is 107 cm³/mol. The van der Waals surface area contributed by atoms with Crippen LogP contribution in [-0.4, -0.2) is 11.5 Å². The molecule has 0 spiro atoms. The molecule has 4 rings (SSSR count). The van der Waals surface area contributed by atoms with Gasteiger partial charge in [-0.3, -0.25) is 9.79 Å². The van der Waals surface area contributed by atoms with Gasteiger partial charge < -0.3 is 0 Å². The smallest absolute Gasteiger partial charge is 0.293 e. The summed E-state index contributed by atoms with van der Waals surface area (Å²) in [6.45, 7) is 3.99. The number of fused-ring (bicyclic) bond motifs is 1. The van der Waals surface area contributed by atoms with Crippen molar-refractivity contribution in [2.75, 3.05) is 0 Å². The average molecular weight is 393 g/mol. The molecule has 0 N–H and O–H groups in total. The minimum Gasteiger partial charge on any atom is -0.293 e. The predicted octanol–water partition coefficient (Wildman–Crippen LogP) is 6.42. The van der Waals surface area contributed by atoms with Crippen molar-refractivity contribution in [2.45, 2.75) is 25.9 Å². The summed E-state index contributed by atoms with van der Waals surface area (Å²) in [6, 6.07) is 17.7. The summed E-state index contributed by atoms with van der Waals surface area (Å²) in [7, 11) is 0. The molecule has 1 atom stereocenters. The van der Waals surface area contributed by atoms with E-state index in [0.717, 1.165) is 28.8 Å². The number of carbonyl (C=O) groups is 1. The number of halogens is 3. The van der Waals surface area contributed by atoms with Gasteiger partial charge in [0.25, 0.3) is 0 Å². The van der Waals surface area contributed by atoms with Gasteiger partial charge in [0.1, 0.15) is 0 Å². The van der Waals surface area contributed by atoms with Crippen molar-refractivity contribution in [3.8, 4) is 0 Å². The zero-order chi connectivity index (χ0) is 20.8. The number of aryl methyl sites for hydroxylation is 2. The van der Waals surface area contributed by atoms with Crippen LogP contribution < -0.4 is 0 Å². The molecule has 3 aromatic carbocycles. The number of hydrogen-bond acceptors (Lipinski definition) is 2. The van der Waals surface area contributed by atoms with E-state index in [9.17, 15) is 18.0 Å². The Kier molecular flexibility index (Phi) is 4.61. The largest absolute Gasteiger partial charge is 0.416 e. The zero-order valence-corrected chi connectivity index (χ0v) is 15.9. The van der Waals surface area contributed by atoms with Crippen LogP contribution in [0.1, 0.15) is 44.1 Å². The molecule has 0 fully saturated rings. The summed E-state index contributed by atoms with van der Waals surface area (Å²) < 4.78 is 38.8. The van der Waals surface area contributed by atoms with Gasteiger partial charge in [-0.2, -0.15) is 13.2 Å². The van der Waals surface area contributed by atoms with Gasteiger partial charge in [0, 0.05) is 11.1 Å². The van der Waals surface area contributed by atoms with Crippen molar-refractivity contribution in [3.05, 3.63) is 100 Å². The van der Waals surface area contributed by atoms with E-state index in [4.69, 9.17) is 4.99 Å². The lowest BCUT2D eigenvalue weighted by atomic mass is 9.92. The molecular formula is C24H18F3NO. The maximum Gasteiger partial charge on any atom is 0.416 e. The normalized spacial score (nSPS) is 17.6. The lowest BCUT2D eigenvalue weighted by Gasteiger charge is -2.13. The molecule has 0 bridgehead atoms. The minimum atomic E-state index is -4.42. The molecule has 1 aliphatic carbocycles. The molecule has 1 aliphatic rings. The highest BCUT2D eigenvalue weighted by Crippen LogP contribution is 2.37. The highest BCUT2D eigenvalue weighted by Gasteiger charge is 2.38.